The van der Waals surface area contributed by atoms with Crippen molar-refractivity contribution >= 4 is 10.0 Å². The number of sulfonamides is 1. The number of hydrogen-bond donors (Lipinski definition) is 1. The maximum absolute atomic E-state index is 14.3. The van der Waals surface area contributed by atoms with Crippen molar-refractivity contribution in [3.63, 3.8) is 0 Å². The summed E-state index contributed by atoms with van der Waals surface area (Å²) >= 11 is 0. The molecule has 0 aliphatic heterocycles. The first kappa shape index (κ1) is 23.8. The van der Waals surface area contributed by atoms with Crippen LogP contribution >= 0.6 is 0 Å². The molecule has 7 nitrogen and oxygen atoms in total. The molecule has 32 heavy (non-hydrogen) atoms. The van der Waals surface area contributed by atoms with Crippen LogP contribution in [0.15, 0.2) is 41.7 Å². The van der Waals surface area contributed by atoms with Crippen molar-refractivity contribution in [2.24, 2.45) is 5.14 Å². The number of benzene rings is 1. The van der Waals surface area contributed by atoms with Crippen LogP contribution in [0.4, 0.5) is 8.78 Å². The molecule has 0 radical (unpaired) electrons. The third-order valence-corrected chi connectivity index (χ3v) is 6.10. The first-order valence-corrected chi connectivity index (χ1v) is 11.5. The number of primary sulfonamides is 1. The highest BCUT2D eigenvalue weighted by atomic mass is 32.2. The third-order valence-electron chi connectivity index (χ3n) is 5.23. The number of rotatable bonds is 7. The summed E-state index contributed by atoms with van der Waals surface area (Å²) in [5.41, 5.74) is 1.47. The number of nitrogens with two attached hydrogens (primary N) is 1. The first-order valence-electron chi connectivity index (χ1n) is 9.97. The molecule has 0 saturated carbocycles. The fraction of sp³-hybridized carbons (Fsp3) is 0.364. The Morgan fingerprint density at radius 1 is 1.25 bits per heavy atom. The highest BCUT2D eigenvalue weighted by Gasteiger charge is 2.25. The van der Waals surface area contributed by atoms with Crippen LogP contribution in [0.3, 0.4) is 0 Å². The van der Waals surface area contributed by atoms with Crippen LogP contribution in [0.5, 0.6) is 5.88 Å². The summed E-state index contributed by atoms with van der Waals surface area (Å²) in [5, 5.41) is 9.21. The van der Waals surface area contributed by atoms with Crippen LogP contribution < -0.4 is 9.88 Å². The van der Waals surface area contributed by atoms with Crippen molar-refractivity contribution in [2.45, 2.75) is 51.0 Å². The van der Waals surface area contributed by atoms with Gasteiger partial charge in [0, 0.05) is 18.5 Å². The van der Waals surface area contributed by atoms with Gasteiger partial charge < -0.3 is 4.74 Å². The van der Waals surface area contributed by atoms with Crippen molar-refractivity contribution < 1.29 is 21.9 Å². The Bertz CT molecular complexity index is 1250. The second kappa shape index (κ2) is 8.59. The highest BCUT2D eigenvalue weighted by Crippen LogP contribution is 2.34. The summed E-state index contributed by atoms with van der Waals surface area (Å²) in [5.74, 6) is -1.63. The van der Waals surface area contributed by atoms with Gasteiger partial charge in [0.25, 0.3) is 0 Å². The minimum Gasteiger partial charge on any atom is -0.475 e. The lowest BCUT2D eigenvalue weighted by molar-refractivity contribution is 0.165. The highest BCUT2D eigenvalue weighted by molar-refractivity contribution is 7.89. The molecule has 0 bridgehead atoms. The molecule has 2 aromatic heterocycles. The normalized spacial score (nSPS) is 12.4. The molecule has 10 heteroatoms. The minimum absolute atomic E-state index is 0.0968. The van der Waals surface area contributed by atoms with Gasteiger partial charge in [-0.25, -0.2) is 27.3 Å². The first-order chi connectivity index (χ1) is 14.8. The molecule has 0 aliphatic rings. The van der Waals surface area contributed by atoms with E-state index in [1.54, 1.807) is 19.1 Å². The lowest BCUT2D eigenvalue weighted by Gasteiger charge is -2.25. The molecule has 0 amide bonds. The van der Waals surface area contributed by atoms with Gasteiger partial charge in [-0.05, 0) is 61.1 Å². The molecular weight excluding hydrogens is 438 g/mol. The Morgan fingerprint density at radius 2 is 1.94 bits per heavy atom. The van der Waals surface area contributed by atoms with E-state index in [1.807, 2.05) is 27.7 Å². The van der Waals surface area contributed by atoms with Crippen molar-refractivity contribution in [3.05, 3.63) is 59.6 Å². The molecule has 3 aromatic rings. The van der Waals surface area contributed by atoms with Crippen molar-refractivity contribution in [1.82, 2.24) is 14.8 Å². The topological polar surface area (TPSA) is 100 Å². The van der Waals surface area contributed by atoms with E-state index in [0.717, 1.165) is 0 Å². The average molecular weight is 465 g/mol. The number of aromatic nitrogens is 3. The number of nitrogens with zero attached hydrogens (tertiary/aromatic N) is 3. The van der Waals surface area contributed by atoms with Crippen LogP contribution in [0, 0.1) is 18.6 Å². The summed E-state index contributed by atoms with van der Waals surface area (Å²) in [7, 11) is -3.86. The second-order valence-corrected chi connectivity index (χ2v) is 10.1. The SMILES string of the molecule is Cc1c(-c2ccnc(OCC(C)(C)n3cc(S(N)(=O)=O)cn3)c2)cc(F)c(F)c1C(C)C. The zero-order chi connectivity index (χ0) is 23.8. The summed E-state index contributed by atoms with van der Waals surface area (Å²) in [6.45, 7) is 9.13. The Kier molecular flexibility index (Phi) is 6.39. The van der Waals surface area contributed by atoms with Crippen LogP contribution in [0.25, 0.3) is 11.1 Å². The van der Waals surface area contributed by atoms with E-state index in [9.17, 15) is 17.2 Å². The molecule has 0 unspecified atom stereocenters. The standard InChI is InChI=1S/C22H26F2N4O3S/c1-13(2)20-14(3)17(9-18(23)21(20)24)15-6-7-26-19(8-15)31-12-22(4,5)28-11-16(10-27-28)32(25,29)30/h6-11,13H,12H2,1-5H3,(H2,25,29,30). The quantitative estimate of drug-likeness (QED) is 0.567. The van der Waals surface area contributed by atoms with Gasteiger partial charge in [-0.1, -0.05) is 13.8 Å². The predicted octanol–water partition coefficient (Wildman–Crippen LogP) is 4.12. The molecule has 0 saturated heterocycles. The molecule has 3 rings (SSSR count). The van der Waals surface area contributed by atoms with Gasteiger partial charge in [0.15, 0.2) is 11.6 Å². The fourth-order valence-corrected chi connectivity index (χ4v) is 3.92. The lowest BCUT2D eigenvalue weighted by atomic mass is 9.90. The maximum Gasteiger partial charge on any atom is 0.241 e. The number of halogens is 2. The van der Waals surface area contributed by atoms with Gasteiger partial charge >= 0.3 is 0 Å². The Balaban J connectivity index is 1.87. The van der Waals surface area contributed by atoms with E-state index in [2.05, 4.69) is 10.1 Å². The number of pyridine rings is 1. The zero-order valence-electron chi connectivity index (χ0n) is 18.6. The van der Waals surface area contributed by atoms with Crippen LogP contribution in [-0.2, 0) is 15.6 Å². The van der Waals surface area contributed by atoms with E-state index < -0.39 is 27.2 Å². The summed E-state index contributed by atoms with van der Waals surface area (Å²) in [6.07, 6.45) is 4.04. The largest absolute Gasteiger partial charge is 0.475 e. The number of ether oxygens (including phenoxy) is 1. The van der Waals surface area contributed by atoms with E-state index in [1.165, 1.54) is 29.3 Å². The van der Waals surface area contributed by atoms with Crippen LogP contribution in [0.1, 0.15) is 44.7 Å². The third kappa shape index (κ3) is 4.81. The monoisotopic (exact) mass is 464 g/mol. The van der Waals surface area contributed by atoms with Crippen molar-refractivity contribution in [2.75, 3.05) is 6.61 Å². The minimum atomic E-state index is -3.86. The van der Waals surface area contributed by atoms with Gasteiger partial charge in [-0.15, -0.1) is 0 Å². The van der Waals surface area contributed by atoms with Gasteiger partial charge in [0.05, 0.1) is 11.7 Å². The van der Waals surface area contributed by atoms with Gasteiger partial charge in [0.1, 0.15) is 11.5 Å². The van der Waals surface area contributed by atoms with Crippen LogP contribution in [0.2, 0.25) is 0 Å². The van der Waals surface area contributed by atoms with Gasteiger partial charge in [-0.3, -0.25) is 4.68 Å². The molecule has 2 N–H and O–H groups in total. The maximum atomic E-state index is 14.3. The van der Waals surface area contributed by atoms with E-state index >= 15 is 0 Å². The van der Waals surface area contributed by atoms with E-state index in [-0.39, 0.29) is 23.3 Å². The Morgan fingerprint density at radius 3 is 2.53 bits per heavy atom. The van der Waals surface area contributed by atoms with Crippen molar-refractivity contribution in [3.8, 4) is 17.0 Å². The molecule has 172 valence electrons. The Labute approximate surface area is 186 Å². The lowest BCUT2D eigenvalue weighted by Crippen LogP contribution is -2.34. The molecule has 0 fully saturated rings. The molecule has 0 atom stereocenters. The Hall–Kier alpha value is -2.85. The molecule has 0 spiro atoms. The fourth-order valence-electron chi connectivity index (χ4n) is 3.48. The number of hydrogen-bond acceptors (Lipinski definition) is 5. The van der Waals surface area contributed by atoms with E-state index in [4.69, 9.17) is 9.88 Å². The molecular formula is C22H26F2N4O3S. The summed E-state index contributed by atoms with van der Waals surface area (Å²) in [6, 6.07) is 4.53. The van der Waals surface area contributed by atoms with Crippen LogP contribution in [-0.4, -0.2) is 29.8 Å². The van der Waals surface area contributed by atoms with Crippen molar-refractivity contribution in [1.29, 1.82) is 0 Å². The summed E-state index contributed by atoms with van der Waals surface area (Å²) < 4.78 is 58.8. The molecule has 1 aromatic carbocycles. The average Bonchev–Trinajstić information content (AvgIpc) is 3.21. The smallest absolute Gasteiger partial charge is 0.241 e. The van der Waals surface area contributed by atoms with E-state index in [0.29, 0.717) is 22.3 Å². The zero-order valence-corrected chi connectivity index (χ0v) is 19.4. The summed E-state index contributed by atoms with van der Waals surface area (Å²) in [4.78, 5) is 4.10. The second-order valence-electron chi connectivity index (χ2n) is 8.56. The van der Waals surface area contributed by atoms with Gasteiger partial charge in [-0.2, -0.15) is 5.10 Å². The molecule has 0 aliphatic carbocycles. The molecule has 2 heterocycles. The predicted molar refractivity (Wildman–Crippen MR) is 117 cm³/mol. The van der Waals surface area contributed by atoms with Gasteiger partial charge in [0.2, 0.25) is 15.9 Å².